The first-order valence-corrected chi connectivity index (χ1v) is 10.7. The molecule has 30 heavy (non-hydrogen) atoms. The summed E-state index contributed by atoms with van der Waals surface area (Å²) in [4.78, 5) is 43.9. The molecule has 0 bridgehead atoms. The molecule has 0 aliphatic carbocycles. The Morgan fingerprint density at radius 3 is 1.17 bits per heavy atom. The molecule has 0 saturated carbocycles. The van der Waals surface area contributed by atoms with Gasteiger partial charge in [0.2, 0.25) is 0 Å². The highest BCUT2D eigenvalue weighted by Crippen LogP contribution is 2.09. The second kappa shape index (κ2) is 18.8. The summed E-state index contributed by atoms with van der Waals surface area (Å²) < 4.78 is 9.90. The maximum Gasteiger partial charge on any atom is 0.305 e. The van der Waals surface area contributed by atoms with Crippen LogP contribution in [0.25, 0.3) is 0 Å². The van der Waals surface area contributed by atoms with Crippen LogP contribution in [0.15, 0.2) is 0 Å². The van der Waals surface area contributed by atoms with Crippen molar-refractivity contribution in [1.29, 1.82) is 0 Å². The molecule has 0 atom stereocenters. The third-order valence-electron chi connectivity index (χ3n) is 4.42. The minimum absolute atomic E-state index is 0.166. The van der Waals surface area contributed by atoms with Crippen LogP contribution in [0, 0.1) is 0 Å². The second-order valence-electron chi connectivity index (χ2n) is 7.34. The molecule has 0 heterocycles. The van der Waals surface area contributed by atoms with Gasteiger partial charge in [-0.3, -0.25) is 19.2 Å². The van der Waals surface area contributed by atoms with Gasteiger partial charge in [-0.05, 0) is 25.7 Å². The zero-order valence-electron chi connectivity index (χ0n) is 17.7. The van der Waals surface area contributed by atoms with E-state index in [0.717, 1.165) is 38.5 Å². The van der Waals surface area contributed by atoms with E-state index in [1.807, 2.05) is 0 Å². The van der Waals surface area contributed by atoms with E-state index >= 15 is 0 Å². The molecular formula is C21H36O9. The third-order valence-corrected chi connectivity index (χ3v) is 4.42. The maximum absolute atomic E-state index is 11.6. The first-order chi connectivity index (χ1) is 14.3. The number of carbonyl (C=O) groups excluding carboxylic acids is 2. The van der Waals surface area contributed by atoms with Crippen molar-refractivity contribution < 1.29 is 44.0 Å². The molecular weight excluding hydrogens is 396 g/mol. The second-order valence-corrected chi connectivity index (χ2v) is 7.34. The molecule has 0 aromatic carbocycles. The summed E-state index contributed by atoms with van der Waals surface area (Å²) in [7, 11) is 0. The van der Waals surface area contributed by atoms with E-state index in [1.165, 1.54) is 0 Å². The molecule has 0 saturated heterocycles. The predicted molar refractivity (Wildman–Crippen MR) is 108 cm³/mol. The lowest BCUT2D eigenvalue weighted by Crippen LogP contribution is -2.25. The van der Waals surface area contributed by atoms with Gasteiger partial charge >= 0.3 is 23.9 Å². The van der Waals surface area contributed by atoms with E-state index in [4.69, 9.17) is 19.7 Å². The van der Waals surface area contributed by atoms with Crippen molar-refractivity contribution in [1.82, 2.24) is 0 Å². The highest BCUT2D eigenvalue weighted by Gasteiger charge is 2.12. The molecule has 0 radical (unpaired) electrons. The topological polar surface area (TPSA) is 147 Å². The number of carbonyl (C=O) groups is 4. The van der Waals surface area contributed by atoms with Crippen LogP contribution in [0.2, 0.25) is 0 Å². The molecule has 174 valence electrons. The highest BCUT2D eigenvalue weighted by molar-refractivity contribution is 5.70. The lowest BCUT2D eigenvalue weighted by atomic mass is 10.1. The minimum atomic E-state index is -1.06. The van der Waals surface area contributed by atoms with Crippen LogP contribution in [0.1, 0.15) is 89.9 Å². The Balaban J connectivity index is 3.52. The monoisotopic (exact) mass is 432 g/mol. The number of esters is 2. The molecule has 0 amide bonds. The van der Waals surface area contributed by atoms with Gasteiger partial charge in [0, 0.05) is 25.7 Å². The number of hydrogen-bond acceptors (Lipinski definition) is 7. The maximum atomic E-state index is 11.6. The minimum Gasteiger partial charge on any atom is -0.481 e. The zero-order chi connectivity index (χ0) is 22.6. The van der Waals surface area contributed by atoms with Crippen LogP contribution in [-0.4, -0.2) is 58.5 Å². The third kappa shape index (κ3) is 20.6. The highest BCUT2D eigenvalue weighted by atomic mass is 16.6. The van der Waals surface area contributed by atoms with Crippen LogP contribution >= 0.6 is 0 Å². The van der Waals surface area contributed by atoms with Crippen LogP contribution < -0.4 is 0 Å². The fraction of sp³-hybridized carbons (Fsp3) is 0.810. The van der Waals surface area contributed by atoms with Crippen molar-refractivity contribution in [3.05, 3.63) is 0 Å². The number of carboxylic acid groups (broad SMARTS) is 2. The summed E-state index contributed by atoms with van der Waals surface area (Å²) >= 11 is 0. The molecule has 0 aromatic rings. The molecule has 3 N–H and O–H groups in total. The Kier molecular flexibility index (Phi) is 17.5. The molecule has 0 aromatic heterocycles. The molecule has 9 heteroatoms. The van der Waals surface area contributed by atoms with Crippen LogP contribution in [0.5, 0.6) is 0 Å². The van der Waals surface area contributed by atoms with E-state index in [-0.39, 0.29) is 38.9 Å². The molecule has 0 aliphatic rings. The van der Waals surface area contributed by atoms with Crippen molar-refractivity contribution in [3.8, 4) is 0 Å². The van der Waals surface area contributed by atoms with Gasteiger partial charge in [0.05, 0.1) is 0 Å². The van der Waals surface area contributed by atoms with Gasteiger partial charge < -0.3 is 24.8 Å². The van der Waals surface area contributed by atoms with Crippen molar-refractivity contribution in [3.63, 3.8) is 0 Å². The van der Waals surface area contributed by atoms with Crippen molar-refractivity contribution >= 4 is 23.9 Å². The van der Waals surface area contributed by atoms with Crippen LogP contribution in [0.3, 0.4) is 0 Å². The molecule has 0 unspecified atom stereocenters. The Bertz CT molecular complexity index is 461. The molecule has 0 aliphatic heterocycles. The first-order valence-electron chi connectivity index (χ1n) is 10.7. The van der Waals surface area contributed by atoms with Gasteiger partial charge in [0.25, 0.3) is 0 Å². The average molecular weight is 433 g/mol. The van der Waals surface area contributed by atoms with Crippen LogP contribution in [0.4, 0.5) is 0 Å². The van der Waals surface area contributed by atoms with E-state index in [2.05, 4.69) is 0 Å². The summed E-state index contributed by atoms with van der Waals surface area (Å²) in [6.07, 6.45) is 7.28. The van der Waals surface area contributed by atoms with Gasteiger partial charge in [-0.1, -0.05) is 38.5 Å². The summed E-state index contributed by atoms with van der Waals surface area (Å²) in [6, 6.07) is 0. The zero-order valence-corrected chi connectivity index (χ0v) is 17.7. The summed E-state index contributed by atoms with van der Waals surface area (Å²) in [6.45, 7) is -0.456. The fourth-order valence-corrected chi connectivity index (χ4v) is 2.72. The fourth-order valence-electron chi connectivity index (χ4n) is 2.72. The van der Waals surface area contributed by atoms with Crippen molar-refractivity contribution in [2.75, 3.05) is 13.2 Å². The molecule has 9 nitrogen and oxygen atoms in total. The number of aliphatic hydroxyl groups is 1. The number of ether oxygens (including phenoxy) is 2. The normalized spacial score (nSPS) is 10.7. The number of aliphatic carboxylic acids is 2. The number of rotatable bonds is 20. The predicted octanol–water partition coefficient (Wildman–Crippen LogP) is 3.06. The summed E-state index contributed by atoms with van der Waals surface area (Å²) in [5.41, 5.74) is 0. The SMILES string of the molecule is O=C(O)CCCCCCCC(=O)OCC(O)COC(=O)CCCCCCCC(=O)O. The van der Waals surface area contributed by atoms with Gasteiger partial charge in [0.15, 0.2) is 0 Å². The van der Waals surface area contributed by atoms with Gasteiger partial charge in [-0.25, -0.2) is 0 Å². The quantitative estimate of drug-likeness (QED) is 0.195. The van der Waals surface area contributed by atoms with E-state index < -0.39 is 30.0 Å². The lowest BCUT2D eigenvalue weighted by Gasteiger charge is -2.12. The van der Waals surface area contributed by atoms with Gasteiger partial charge in [-0.2, -0.15) is 0 Å². The molecule has 0 spiro atoms. The Morgan fingerprint density at radius 1 is 0.533 bits per heavy atom. The summed E-state index contributed by atoms with van der Waals surface area (Å²) in [5.74, 6) is -2.44. The number of carboxylic acids is 2. The largest absolute Gasteiger partial charge is 0.481 e. The van der Waals surface area contributed by atoms with Gasteiger partial charge in [-0.15, -0.1) is 0 Å². The standard InChI is InChI=1S/C21H36O9/c22-17(15-29-20(27)13-9-5-1-3-7-11-18(23)24)16-30-21(28)14-10-6-2-4-8-12-19(25)26/h17,22H,1-16H2,(H,23,24)(H,25,26). The number of unbranched alkanes of at least 4 members (excludes halogenated alkanes) is 8. The molecule has 0 fully saturated rings. The average Bonchev–Trinajstić information content (AvgIpc) is 2.68. The Hall–Kier alpha value is -2.16. The number of hydrogen-bond donors (Lipinski definition) is 3. The van der Waals surface area contributed by atoms with Gasteiger partial charge in [0.1, 0.15) is 19.3 Å². The Labute approximate surface area is 177 Å². The lowest BCUT2D eigenvalue weighted by molar-refractivity contribution is -0.152. The van der Waals surface area contributed by atoms with Crippen LogP contribution in [-0.2, 0) is 28.7 Å². The first kappa shape index (κ1) is 27.8. The smallest absolute Gasteiger partial charge is 0.305 e. The molecule has 0 rings (SSSR count). The van der Waals surface area contributed by atoms with Crippen molar-refractivity contribution in [2.45, 2.75) is 96.0 Å². The van der Waals surface area contributed by atoms with E-state index in [0.29, 0.717) is 25.7 Å². The number of aliphatic hydroxyl groups excluding tert-OH is 1. The Morgan fingerprint density at radius 2 is 0.833 bits per heavy atom. The van der Waals surface area contributed by atoms with E-state index in [9.17, 15) is 24.3 Å². The van der Waals surface area contributed by atoms with Crippen molar-refractivity contribution in [2.24, 2.45) is 0 Å². The summed E-state index contributed by atoms with van der Waals surface area (Å²) in [5, 5.41) is 26.8. The van der Waals surface area contributed by atoms with E-state index in [1.54, 1.807) is 0 Å².